The van der Waals surface area contributed by atoms with E-state index in [1.807, 2.05) is 121 Å². The largest absolute Gasteiger partial charge is 0.497 e. The molecule has 3 unspecified atom stereocenters. The molecule has 3 aliphatic carbocycles. The predicted octanol–water partition coefficient (Wildman–Crippen LogP) is 13.9. The summed E-state index contributed by atoms with van der Waals surface area (Å²) < 4.78 is 76.2. The molecule has 2 bridgehead atoms. The van der Waals surface area contributed by atoms with Crippen LogP contribution in [0.2, 0.25) is 0 Å². The molecular weight excluding hydrogens is 774 g/mol. The lowest BCUT2D eigenvalue weighted by atomic mass is 9.65. The number of halogens is 3. The highest BCUT2D eigenvalue weighted by Crippen LogP contribution is 2.69. The molecule has 1 heterocycles. The van der Waals surface area contributed by atoms with Gasteiger partial charge in [0.25, 0.3) is 0 Å². The van der Waals surface area contributed by atoms with Gasteiger partial charge in [-0.2, -0.15) is 13.2 Å². The first kappa shape index (κ1) is 37.3. The van der Waals surface area contributed by atoms with Crippen LogP contribution in [0.4, 0.5) is 13.2 Å². The smallest absolute Gasteiger partial charge is 0.416 e. The number of methoxy groups -OCH3 is 2. The molecule has 5 nitrogen and oxygen atoms in total. The Morgan fingerprint density at radius 1 is 0.639 bits per heavy atom. The SMILES string of the molecule is COc1ccc(C2(c3ccc(OC)cc3)C=Cc3c4c(c5cc(Oc6ccccc6)c(Oc6ccccc6)cc5c3O2)-c2ccc(C(F)(F)F)cc2C42CC3CCC2C3)cc1. The monoisotopic (exact) mass is 814 g/mol. The average molecular weight is 815 g/mol. The fraction of sp³-hybridized carbons (Fsp3) is 0.208. The van der Waals surface area contributed by atoms with Gasteiger partial charge in [-0.25, -0.2) is 0 Å². The molecule has 0 saturated heterocycles. The van der Waals surface area contributed by atoms with Gasteiger partial charge in [-0.1, -0.05) is 79.2 Å². The Bertz CT molecular complexity index is 2810. The van der Waals surface area contributed by atoms with Crippen molar-refractivity contribution < 1.29 is 36.9 Å². The third kappa shape index (κ3) is 5.82. The molecule has 0 amide bonds. The molecule has 304 valence electrons. The Morgan fingerprint density at radius 3 is 1.75 bits per heavy atom. The van der Waals surface area contributed by atoms with E-state index in [0.29, 0.717) is 46.2 Å². The number of hydrogen-bond donors (Lipinski definition) is 0. The lowest BCUT2D eigenvalue weighted by molar-refractivity contribution is -0.137. The van der Waals surface area contributed by atoms with E-state index in [9.17, 15) is 13.2 Å². The van der Waals surface area contributed by atoms with Crippen LogP contribution in [0, 0.1) is 11.8 Å². The first-order chi connectivity index (χ1) is 29.7. The Morgan fingerprint density at radius 2 is 1.23 bits per heavy atom. The molecular formula is C53H41F3O5. The Labute approximate surface area is 351 Å². The van der Waals surface area contributed by atoms with Crippen LogP contribution in [0.5, 0.6) is 40.2 Å². The van der Waals surface area contributed by atoms with Gasteiger partial charge in [0.15, 0.2) is 17.1 Å². The summed E-state index contributed by atoms with van der Waals surface area (Å²) in [4.78, 5) is 0. The minimum Gasteiger partial charge on any atom is -0.497 e. The number of para-hydroxylation sites is 2. The maximum atomic E-state index is 14.7. The zero-order valence-electron chi connectivity index (χ0n) is 33.6. The van der Waals surface area contributed by atoms with E-state index in [1.165, 1.54) is 12.1 Å². The van der Waals surface area contributed by atoms with E-state index in [-0.39, 0.29) is 5.92 Å². The van der Waals surface area contributed by atoms with E-state index in [1.54, 1.807) is 20.3 Å². The van der Waals surface area contributed by atoms with Gasteiger partial charge in [-0.3, -0.25) is 0 Å². The first-order valence-electron chi connectivity index (χ1n) is 20.7. The summed E-state index contributed by atoms with van der Waals surface area (Å²) in [6.07, 6.45) is 3.53. The molecule has 1 aliphatic heterocycles. The van der Waals surface area contributed by atoms with E-state index < -0.39 is 22.8 Å². The van der Waals surface area contributed by atoms with Crippen LogP contribution in [0.15, 0.2) is 146 Å². The molecule has 3 atom stereocenters. The molecule has 2 fully saturated rings. The maximum absolute atomic E-state index is 14.7. The van der Waals surface area contributed by atoms with Crippen molar-refractivity contribution >= 4 is 16.8 Å². The zero-order chi connectivity index (χ0) is 41.5. The van der Waals surface area contributed by atoms with Crippen molar-refractivity contribution in [2.45, 2.75) is 42.9 Å². The van der Waals surface area contributed by atoms with E-state index in [2.05, 4.69) is 12.2 Å². The van der Waals surface area contributed by atoms with Gasteiger partial charge < -0.3 is 23.7 Å². The minimum atomic E-state index is -4.50. The molecule has 8 heteroatoms. The molecule has 0 radical (unpaired) electrons. The van der Waals surface area contributed by atoms with Gasteiger partial charge in [-0.15, -0.1) is 0 Å². The fourth-order valence-electron chi connectivity index (χ4n) is 10.8. The lowest BCUT2D eigenvalue weighted by Gasteiger charge is -2.41. The summed E-state index contributed by atoms with van der Waals surface area (Å²) >= 11 is 0. The highest BCUT2D eigenvalue weighted by Gasteiger charge is 2.59. The van der Waals surface area contributed by atoms with Gasteiger partial charge in [0.05, 0.1) is 19.8 Å². The summed E-state index contributed by atoms with van der Waals surface area (Å²) in [6, 6.07) is 43.1. The van der Waals surface area contributed by atoms with Crippen LogP contribution in [-0.2, 0) is 17.2 Å². The molecule has 4 aliphatic rings. The molecule has 61 heavy (non-hydrogen) atoms. The van der Waals surface area contributed by atoms with E-state index in [0.717, 1.165) is 75.4 Å². The Balaban J connectivity index is 1.24. The normalized spacial score (nSPS) is 20.2. The van der Waals surface area contributed by atoms with Crippen LogP contribution in [0.1, 0.15) is 59.1 Å². The van der Waals surface area contributed by atoms with Crippen molar-refractivity contribution in [2.75, 3.05) is 14.2 Å². The van der Waals surface area contributed by atoms with Crippen molar-refractivity contribution in [1.82, 2.24) is 0 Å². The van der Waals surface area contributed by atoms with Gasteiger partial charge >= 0.3 is 6.18 Å². The Hall–Kier alpha value is -6.67. The standard InChI is InChI=1S/C53H41F3O5/c1-57-37-20-15-33(16-21-37)52(34-17-22-38(58-2)23-18-34)26-25-42-49-48(41-24-19-36(53(54,55)56)28-45(41)51(49)31-32-13-14-35(51)27-32)43-29-46(59-39-9-5-3-6-10-39)47(30-44(43)50(42)61-52)60-40-11-7-4-8-12-40/h3-12,15-26,28-30,32,35H,13-14,27,31H2,1-2H3. The molecule has 0 aromatic heterocycles. The quantitative estimate of drug-likeness (QED) is 0.153. The third-order valence-corrected chi connectivity index (χ3v) is 13.5. The van der Waals surface area contributed by atoms with Crippen LogP contribution in [0.25, 0.3) is 28.0 Å². The second kappa shape index (κ2) is 13.9. The summed E-state index contributed by atoms with van der Waals surface area (Å²) in [5.41, 5.74) is 3.75. The number of ether oxygens (including phenoxy) is 5. The van der Waals surface area contributed by atoms with Gasteiger partial charge in [-0.05, 0) is 138 Å². The van der Waals surface area contributed by atoms with Gasteiger partial charge in [0.1, 0.15) is 28.7 Å². The van der Waals surface area contributed by atoms with Crippen LogP contribution in [0.3, 0.4) is 0 Å². The summed E-state index contributed by atoms with van der Waals surface area (Å²) in [5.74, 6) is 4.79. The highest BCUT2D eigenvalue weighted by molar-refractivity contribution is 6.10. The van der Waals surface area contributed by atoms with Gasteiger partial charge in [0, 0.05) is 27.5 Å². The predicted molar refractivity (Wildman–Crippen MR) is 230 cm³/mol. The van der Waals surface area contributed by atoms with Crippen LogP contribution >= 0.6 is 0 Å². The number of rotatable bonds is 8. The number of alkyl halides is 3. The molecule has 1 spiro atoms. The highest BCUT2D eigenvalue weighted by atomic mass is 19.4. The maximum Gasteiger partial charge on any atom is 0.416 e. The lowest BCUT2D eigenvalue weighted by Crippen LogP contribution is -2.36. The molecule has 11 rings (SSSR count). The van der Waals surface area contributed by atoms with E-state index in [4.69, 9.17) is 23.7 Å². The van der Waals surface area contributed by atoms with Crippen LogP contribution < -0.4 is 23.7 Å². The average Bonchev–Trinajstić information content (AvgIpc) is 3.99. The molecule has 7 aromatic carbocycles. The molecule has 7 aromatic rings. The minimum absolute atomic E-state index is 0.173. The topological polar surface area (TPSA) is 46.2 Å². The van der Waals surface area contributed by atoms with Crippen molar-refractivity contribution in [3.63, 3.8) is 0 Å². The Kier molecular flexibility index (Phi) is 8.54. The van der Waals surface area contributed by atoms with Crippen molar-refractivity contribution in [3.05, 3.63) is 179 Å². The summed E-state index contributed by atoms with van der Waals surface area (Å²) in [6.45, 7) is 0. The third-order valence-electron chi connectivity index (χ3n) is 13.5. The zero-order valence-corrected chi connectivity index (χ0v) is 33.6. The second-order valence-electron chi connectivity index (χ2n) is 16.6. The number of benzene rings is 7. The summed E-state index contributed by atoms with van der Waals surface area (Å²) in [5, 5.41) is 1.57. The van der Waals surface area contributed by atoms with Crippen molar-refractivity contribution in [2.24, 2.45) is 11.8 Å². The second-order valence-corrected chi connectivity index (χ2v) is 16.6. The molecule has 0 N–H and O–H groups in total. The number of fused-ring (bicyclic) bond motifs is 13. The van der Waals surface area contributed by atoms with Crippen molar-refractivity contribution in [3.8, 4) is 51.4 Å². The fourth-order valence-corrected chi connectivity index (χ4v) is 10.8. The van der Waals surface area contributed by atoms with E-state index >= 15 is 0 Å². The number of hydrogen-bond acceptors (Lipinski definition) is 5. The molecule has 2 saturated carbocycles. The first-order valence-corrected chi connectivity index (χ1v) is 20.7. The van der Waals surface area contributed by atoms with Crippen molar-refractivity contribution in [1.29, 1.82) is 0 Å². The summed E-state index contributed by atoms with van der Waals surface area (Å²) in [7, 11) is 3.28. The van der Waals surface area contributed by atoms with Gasteiger partial charge in [0.2, 0.25) is 0 Å². The van der Waals surface area contributed by atoms with Crippen LogP contribution in [-0.4, -0.2) is 14.2 Å².